The highest BCUT2D eigenvalue weighted by molar-refractivity contribution is 7.59. The van der Waals surface area contributed by atoms with Crippen LogP contribution >= 0.6 is 13.5 Å². The molecule has 11 heavy (non-hydrogen) atoms. The summed E-state index contributed by atoms with van der Waals surface area (Å²) in [5.41, 5.74) is -0.532. The summed E-state index contributed by atoms with van der Waals surface area (Å²) in [6.07, 6.45) is 2.84. The van der Waals surface area contributed by atoms with Gasteiger partial charge in [0.2, 0.25) is 0 Å². The number of rotatable bonds is 4. The van der Waals surface area contributed by atoms with Gasteiger partial charge in [0.1, 0.15) is 0 Å². The lowest BCUT2D eigenvalue weighted by Crippen LogP contribution is -2.23. The molecule has 68 valence electrons. The van der Waals surface area contributed by atoms with Crippen molar-refractivity contribution in [3.05, 3.63) is 0 Å². The number of carboxylic acids is 1. The van der Waals surface area contributed by atoms with Crippen LogP contribution in [0.5, 0.6) is 0 Å². The molecule has 1 N–H and O–H groups in total. The number of unbranched alkanes of at least 4 members (excludes halogenated alkanes) is 1. The summed E-state index contributed by atoms with van der Waals surface area (Å²) in [5, 5.41) is 8.67. The summed E-state index contributed by atoms with van der Waals surface area (Å²) in [5.74, 6) is -0.694. The van der Waals surface area contributed by atoms with Crippen LogP contribution < -0.4 is 0 Å². The first-order valence-corrected chi connectivity index (χ1v) is 3.74. The van der Waals surface area contributed by atoms with E-state index >= 15 is 0 Å². The Kier molecular flexibility index (Phi) is 6.67. The summed E-state index contributed by atoms with van der Waals surface area (Å²) in [4.78, 5) is 10.5. The fourth-order valence-corrected chi connectivity index (χ4v) is 0.726. The van der Waals surface area contributed by atoms with Crippen molar-refractivity contribution in [1.82, 2.24) is 0 Å². The summed E-state index contributed by atoms with van der Waals surface area (Å²) >= 11 is 0. The van der Waals surface area contributed by atoms with Crippen LogP contribution in [0.3, 0.4) is 0 Å². The van der Waals surface area contributed by atoms with E-state index in [1.54, 1.807) is 13.8 Å². The van der Waals surface area contributed by atoms with Crippen molar-refractivity contribution in [2.75, 3.05) is 0 Å². The van der Waals surface area contributed by atoms with Crippen molar-refractivity contribution < 1.29 is 9.90 Å². The number of hydrogen-bond donors (Lipinski definition) is 1. The summed E-state index contributed by atoms with van der Waals surface area (Å²) in [6, 6.07) is 0. The van der Waals surface area contributed by atoms with Crippen LogP contribution in [0.2, 0.25) is 0 Å². The van der Waals surface area contributed by atoms with Gasteiger partial charge in [-0.1, -0.05) is 19.8 Å². The third-order valence-electron chi connectivity index (χ3n) is 1.73. The molecule has 0 aromatic carbocycles. The van der Waals surface area contributed by atoms with Crippen LogP contribution in [0.4, 0.5) is 0 Å². The molecule has 0 atom stereocenters. The van der Waals surface area contributed by atoms with Gasteiger partial charge >= 0.3 is 5.97 Å². The molecule has 0 amide bonds. The molecule has 0 bridgehead atoms. The average molecular weight is 178 g/mol. The van der Waals surface area contributed by atoms with Crippen molar-refractivity contribution in [2.45, 2.75) is 40.0 Å². The first kappa shape index (κ1) is 13.4. The van der Waals surface area contributed by atoms with E-state index in [1.165, 1.54) is 0 Å². The molecule has 0 rings (SSSR count). The van der Waals surface area contributed by atoms with Crippen LogP contribution in [-0.4, -0.2) is 11.1 Å². The maximum Gasteiger partial charge on any atom is 0.309 e. The van der Waals surface area contributed by atoms with E-state index < -0.39 is 11.4 Å². The van der Waals surface area contributed by atoms with Crippen LogP contribution in [0.25, 0.3) is 0 Å². The first-order chi connectivity index (χ1) is 4.50. The zero-order valence-corrected chi connectivity index (χ0v) is 8.48. The molecule has 2 nitrogen and oxygen atoms in total. The van der Waals surface area contributed by atoms with Gasteiger partial charge in [0.15, 0.2) is 0 Å². The quantitative estimate of drug-likeness (QED) is 0.717. The zero-order chi connectivity index (χ0) is 8.20. The minimum Gasteiger partial charge on any atom is -0.481 e. The molecule has 0 radical (unpaired) electrons. The molecule has 0 aromatic rings. The smallest absolute Gasteiger partial charge is 0.309 e. The van der Waals surface area contributed by atoms with Gasteiger partial charge in [-0.05, 0) is 20.3 Å². The molecule has 0 aliphatic heterocycles. The molecule has 0 fully saturated rings. The molecular weight excluding hydrogens is 160 g/mol. The third kappa shape index (κ3) is 5.13. The highest BCUT2D eigenvalue weighted by Gasteiger charge is 2.25. The Morgan fingerprint density at radius 2 is 1.91 bits per heavy atom. The zero-order valence-electron chi connectivity index (χ0n) is 7.48. The van der Waals surface area contributed by atoms with Gasteiger partial charge in [0.25, 0.3) is 0 Å². The van der Waals surface area contributed by atoms with Gasteiger partial charge < -0.3 is 5.11 Å². The molecule has 0 unspecified atom stereocenters. The highest BCUT2D eigenvalue weighted by Crippen LogP contribution is 2.22. The standard InChI is InChI=1S/C8H16O2.H2S/c1-4-5-6-8(2,3)7(9)10;/h4-6H2,1-3H3,(H,9,10);1H2. The molecule has 3 heteroatoms. The van der Waals surface area contributed by atoms with Crippen molar-refractivity contribution in [2.24, 2.45) is 5.41 Å². The fourth-order valence-electron chi connectivity index (χ4n) is 0.726. The molecule has 0 aliphatic rings. The van der Waals surface area contributed by atoms with Crippen molar-refractivity contribution in [1.29, 1.82) is 0 Å². The maximum absolute atomic E-state index is 10.5. The minimum absolute atomic E-state index is 0. The topological polar surface area (TPSA) is 37.3 Å². The number of hydrogen-bond acceptors (Lipinski definition) is 1. The van der Waals surface area contributed by atoms with Gasteiger partial charge in [-0.15, -0.1) is 0 Å². The lowest BCUT2D eigenvalue weighted by molar-refractivity contribution is -0.147. The number of aliphatic carboxylic acids is 1. The van der Waals surface area contributed by atoms with Gasteiger partial charge in [-0.2, -0.15) is 13.5 Å². The fraction of sp³-hybridized carbons (Fsp3) is 0.875. The highest BCUT2D eigenvalue weighted by atomic mass is 32.1. The maximum atomic E-state index is 10.5. The van der Waals surface area contributed by atoms with E-state index in [-0.39, 0.29) is 13.5 Å². The van der Waals surface area contributed by atoms with E-state index in [1.807, 2.05) is 0 Å². The molecule has 0 aliphatic carbocycles. The lowest BCUT2D eigenvalue weighted by atomic mass is 9.88. The van der Waals surface area contributed by atoms with Crippen molar-refractivity contribution in [3.8, 4) is 0 Å². The van der Waals surface area contributed by atoms with E-state index in [4.69, 9.17) is 5.11 Å². The largest absolute Gasteiger partial charge is 0.481 e. The van der Waals surface area contributed by atoms with Crippen LogP contribution in [-0.2, 0) is 4.79 Å². The van der Waals surface area contributed by atoms with Crippen LogP contribution in [0, 0.1) is 5.41 Å². The van der Waals surface area contributed by atoms with E-state index in [0.717, 1.165) is 19.3 Å². The second kappa shape index (κ2) is 5.47. The predicted octanol–water partition coefficient (Wildman–Crippen LogP) is 2.40. The SMILES string of the molecule is CCCCC(C)(C)C(=O)O.S. The average Bonchev–Trinajstić information content (AvgIpc) is 1.84. The van der Waals surface area contributed by atoms with Crippen LogP contribution in [0.1, 0.15) is 40.0 Å². The molecule has 0 saturated carbocycles. The Balaban J connectivity index is 0. The Hall–Kier alpha value is -0.180. The van der Waals surface area contributed by atoms with Gasteiger partial charge in [0, 0.05) is 0 Å². The Morgan fingerprint density at radius 1 is 1.45 bits per heavy atom. The Labute approximate surface area is 75.4 Å². The predicted molar refractivity (Wildman–Crippen MR) is 51.3 cm³/mol. The number of carbonyl (C=O) groups is 1. The molecule has 0 spiro atoms. The minimum atomic E-state index is -0.694. The second-order valence-corrected chi connectivity index (χ2v) is 3.29. The van der Waals surface area contributed by atoms with Crippen molar-refractivity contribution >= 4 is 19.5 Å². The summed E-state index contributed by atoms with van der Waals surface area (Å²) in [6.45, 7) is 5.61. The molecule has 0 heterocycles. The lowest BCUT2D eigenvalue weighted by Gasteiger charge is -2.17. The third-order valence-corrected chi connectivity index (χ3v) is 1.73. The van der Waals surface area contributed by atoms with Crippen molar-refractivity contribution in [3.63, 3.8) is 0 Å². The van der Waals surface area contributed by atoms with Gasteiger partial charge in [-0.25, -0.2) is 0 Å². The molecule has 0 aromatic heterocycles. The number of carboxylic acid groups (broad SMARTS) is 1. The summed E-state index contributed by atoms with van der Waals surface area (Å²) < 4.78 is 0. The van der Waals surface area contributed by atoms with E-state index in [2.05, 4.69) is 6.92 Å². The monoisotopic (exact) mass is 178 g/mol. The van der Waals surface area contributed by atoms with Gasteiger partial charge in [-0.3, -0.25) is 4.79 Å². The van der Waals surface area contributed by atoms with E-state index in [0.29, 0.717) is 0 Å². The van der Waals surface area contributed by atoms with E-state index in [9.17, 15) is 4.79 Å². The normalized spacial score (nSPS) is 10.5. The summed E-state index contributed by atoms with van der Waals surface area (Å²) in [7, 11) is 0. The second-order valence-electron chi connectivity index (χ2n) is 3.29. The van der Waals surface area contributed by atoms with Gasteiger partial charge in [0.05, 0.1) is 5.41 Å². The molecule has 0 saturated heterocycles. The first-order valence-electron chi connectivity index (χ1n) is 3.74. The Morgan fingerprint density at radius 3 is 2.18 bits per heavy atom. The molecular formula is C8H18O2S. The Bertz CT molecular complexity index is 121. The van der Waals surface area contributed by atoms with Crippen LogP contribution in [0.15, 0.2) is 0 Å².